The monoisotopic (exact) mass is 216 g/mol. The first-order valence-corrected chi connectivity index (χ1v) is 4.14. The van der Waals surface area contributed by atoms with Crippen LogP contribution >= 0.6 is 11.6 Å². The molecule has 1 aromatic rings. The number of carbonyl (C=O) groups excluding carboxylic acids is 1. The topological polar surface area (TPSA) is 61.3 Å². The van der Waals surface area contributed by atoms with E-state index in [0.29, 0.717) is 5.69 Å². The minimum atomic E-state index is -0.603. The molecule has 6 heteroatoms. The van der Waals surface area contributed by atoms with Gasteiger partial charge in [0.2, 0.25) is 5.28 Å². The third kappa shape index (κ3) is 1.93. The van der Waals surface area contributed by atoms with E-state index < -0.39 is 5.97 Å². The lowest BCUT2D eigenvalue weighted by Crippen LogP contribution is -2.09. The van der Waals surface area contributed by atoms with E-state index in [1.165, 1.54) is 14.2 Å². The minimum absolute atomic E-state index is 0.0105. The van der Waals surface area contributed by atoms with Crippen molar-refractivity contribution in [3.63, 3.8) is 0 Å². The number of hydrogen-bond acceptors (Lipinski definition) is 5. The van der Waals surface area contributed by atoms with Crippen LogP contribution < -0.4 is 4.74 Å². The summed E-state index contributed by atoms with van der Waals surface area (Å²) >= 11 is 5.59. The molecular formula is C8H9ClN2O3. The van der Waals surface area contributed by atoms with Gasteiger partial charge in [-0.2, -0.15) is 0 Å². The fourth-order valence-electron chi connectivity index (χ4n) is 1.01. The summed E-state index contributed by atoms with van der Waals surface area (Å²) < 4.78 is 9.49. The third-order valence-corrected chi connectivity index (χ3v) is 1.76. The first kappa shape index (κ1) is 10.7. The van der Waals surface area contributed by atoms with Crippen LogP contribution in [0.2, 0.25) is 5.28 Å². The molecule has 0 saturated heterocycles. The Labute approximate surface area is 86.0 Å². The molecule has 0 aliphatic rings. The van der Waals surface area contributed by atoms with E-state index in [1.54, 1.807) is 6.92 Å². The second-order valence-electron chi connectivity index (χ2n) is 2.45. The zero-order valence-corrected chi connectivity index (χ0v) is 8.75. The number of rotatable bonds is 2. The molecule has 76 valence electrons. The summed E-state index contributed by atoms with van der Waals surface area (Å²) in [6.45, 7) is 1.67. The molecule has 0 fully saturated rings. The van der Waals surface area contributed by atoms with Crippen LogP contribution in [-0.4, -0.2) is 30.2 Å². The molecule has 0 spiro atoms. The van der Waals surface area contributed by atoms with E-state index in [9.17, 15) is 4.79 Å². The van der Waals surface area contributed by atoms with E-state index in [-0.39, 0.29) is 16.7 Å². The Morgan fingerprint density at radius 1 is 1.36 bits per heavy atom. The molecule has 1 heterocycles. The molecule has 1 aromatic heterocycles. The van der Waals surface area contributed by atoms with E-state index in [0.717, 1.165) is 0 Å². The first-order chi connectivity index (χ1) is 6.60. The molecule has 0 aliphatic carbocycles. The number of halogens is 1. The van der Waals surface area contributed by atoms with Crippen LogP contribution in [0.4, 0.5) is 0 Å². The normalized spacial score (nSPS) is 9.71. The summed E-state index contributed by atoms with van der Waals surface area (Å²) in [5, 5.41) is -0.0105. The number of hydrogen-bond donors (Lipinski definition) is 0. The smallest absolute Gasteiger partial charge is 0.360 e. The Morgan fingerprint density at radius 3 is 2.50 bits per heavy atom. The highest BCUT2D eigenvalue weighted by Crippen LogP contribution is 2.22. The molecule has 0 unspecified atom stereocenters. The van der Waals surface area contributed by atoms with Crippen molar-refractivity contribution < 1.29 is 14.3 Å². The lowest BCUT2D eigenvalue weighted by Gasteiger charge is -2.07. The maximum absolute atomic E-state index is 11.2. The standard InChI is InChI=1S/C8H9ClN2O3/c1-4-6(13-2)5(7(12)14-3)11-8(9)10-4/h1-3H3. The van der Waals surface area contributed by atoms with Crippen molar-refractivity contribution in [1.29, 1.82) is 0 Å². The fourth-order valence-corrected chi connectivity index (χ4v) is 1.22. The van der Waals surface area contributed by atoms with Gasteiger partial charge in [-0.05, 0) is 18.5 Å². The molecule has 0 radical (unpaired) electrons. The summed E-state index contributed by atoms with van der Waals surface area (Å²) in [6.07, 6.45) is 0. The van der Waals surface area contributed by atoms with Crippen LogP contribution in [0.5, 0.6) is 5.75 Å². The third-order valence-electron chi connectivity index (χ3n) is 1.59. The van der Waals surface area contributed by atoms with Crippen molar-refractivity contribution in [2.24, 2.45) is 0 Å². The van der Waals surface area contributed by atoms with Crippen molar-refractivity contribution in [3.8, 4) is 5.75 Å². The molecule has 0 amide bonds. The first-order valence-electron chi connectivity index (χ1n) is 3.76. The van der Waals surface area contributed by atoms with Crippen molar-refractivity contribution in [2.75, 3.05) is 14.2 Å². The van der Waals surface area contributed by atoms with Gasteiger partial charge in [0.25, 0.3) is 0 Å². The average molecular weight is 217 g/mol. The van der Waals surface area contributed by atoms with Gasteiger partial charge in [0, 0.05) is 0 Å². The highest BCUT2D eigenvalue weighted by molar-refractivity contribution is 6.28. The molecule has 0 aliphatic heterocycles. The van der Waals surface area contributed by atoms with Crippen molar-refractivity contribution in [1.82, 2.24) is 9.97 Å². The number of aromatic nitrogens is 2. The zero-order valence-electron chi connectivity index (χ0n) is 8.00. The zero-order chi connectivity index (χ0) is 10.7. The maximum atomic E-state index is 11.2. The van der Waals surface area contributed by atoms with Gasteiger partial charge in [0.15, 0.2) is 11.4 Å². The van der Waals surface area contributed by atoms with Gasteiger partial charge in [-0.1, -0.05) is 0 Å². The molecule has 0 aromatic carbocycles. The van der Waals surface area contributed by atoms with Crippen molar-refractivity contribution in [2.45, 2.75) is 6.92 Å². The number of aryl methyl sites for hydroxylation is 1. The van der Waals surface area contributed by atoms with Crippen LogP contribution in [0.1, 0.15) is 16.2 Å². The van der Waals surface area contributed by atoms with Crippen molar-refractivity contribution in [3.05, 3.63) is 16.7 Å². The van der Waals surface area contributed by atoms with Gasteiger partial charge in [-0.15, -0.1) is 0 Å². The predicted molar refractivity (Wildman–Crippen MR) is 49.7 cm³/mol. The second kappa shape index (κ2) is 4.23. The highest BCUT2D eigenvalue weighted by atomic mass is 35.5. The van der Waals surface area contributed by atoms with Gasteiger partial charge in [-0.3, -0.25) is 0 Å². The summed E-state index contributed by atoms with van der Waals surface area (Å²) in [7, 11) is 2.68. The quantitative estimate of drug-likeness (QED) is 0.550. The second-order valence-corrected chi connectivity index (χ2v) is 2.79. The molecule has 14 heavy (non-hydrogen) atoms. The number of ether oxygens (including phenoxy) is 2. The van der Waals surface area contributed by atoms with E-state index in [1.807, 2.05) is 0 Å². The van der Waals surface area contributed by atoms with Crippen LogP contribution in [0, 0.1) is 6.92 Å². The predicted octanol–water partition coefficient (Wildman–Crippen LogP) is 1.23. The van der Waals surface area contributed by atoms with Gasteiger partial charge in [0.05, 0.1) is 19.9 Å². The lowest BCUT2D eigenvalue weighted by atomic mass is 10.3. The lowest BCUT2D eigenvalue weighted by molar-refractivity contribution is 0.0589. The van der Waals surface area contributed by atoms with Crippen molar-refractivity contribution >= 4 is 17.6 Å². The Kier molecular flexibility index (Phi) is 3.24. The van der Waals surface area contributed by atoms with Crippen LogP contribution in [0.3, 0.4) is 0 Å². The molecular weight excluding hydrogens is 208 g/mol. The summed E-state index contributed by atoms with van der Waals surface area (Å²) in [5.74, 6) is -0.324. The Balaban J connectivity index is 3.32. The Morgan fingerprint density at radius 2 is 2.00 bits per heavy atom. The SMILES string of the molecule is COC(=O)c1nc(Cl)nc(C)c1OC. The van der Waals surface area contributed by atoms with Crippen LogP contribution in [-0.2, 0) is 4.74 Å². The number of nitrogens with zero attached hydrogens (tertiary/aromatic N) is 2. The van der Waals surface area contributed by atoms with E-state index in [4.69, 9.17) is 16.3 Å². The molecule has 1 rings (SSSR count). The summed E-state index contributed by atoms with van der Waals surface area (Å²) in [6, 6.07) is 0. The molecule has 5 nitrogen and oxygen atoms in total. The fraction of sp³-hybridized carbons (Fsp3) is 0.375. The van der Waals surface area contributed by atoms with Crippen LogP contribution in [0.15, 0.2) is 0 Å². The largest absolute Gasteiger partial charge is 0.492 e. The molecule has 0 bridgehead atoms. The van der Waals surface area contributed by atoms with E-state index >= 15 is 0 Å². The average Bonchev–Trinajstić information content (AvgIpc) is 2.15. The molecule has 0 saturated carbocycles. The maximum Gasteiger partial charge on any atom is 0.360 e. The summed E-state index contributed by atoms with van der Waals surface area (Å²) in [5.41, 5.74) is 0.528. The van der Waals surface area contributed by atoms with Gasteiger partial charge >= 0.3 is 5.97 Å². The Bertz CT molecular complexity index is 368. The van der Waals surface area contributed by atoms with E-state index in [2.05, 4.69) is 14.7 Å². The van der Waals surface area contributed by atoms with Gasteiger partial charge < -0.3 is 9.47 Å². The summed E-state index contributed by atoms with van der Waals surface area (Å²) in [4.78, 5) is 18.8. The number of carbonyl (C=O) groups is 1. The Hall–Kier alpha value is -1.36. The molecule has 0 N–H and O–H groups in total. The number of esters is 1. The van der Waals surface area contributed by atoms with Crippen LogP contribution in [0.25, 0.3) is 0 Å². The molecule has 0 atom stereocenters. The minimum Gasteiger partial charge on any atom is -0.492 e. The van der Waals surface area contributed by atoms with Gasteiger partial charge in [-0.25, -0.2) is 14.8 Å². The van der Waals surface area contributed by atoms with Gasteiger partial charge in [0.1, 0.15) is 0 Å². The highest BCUT2D eigenvalue weighted by Gasteiger charge is 2.18. The number of methoxy groups -OCH3 is 2.